The van der Waals surface area contributed by atoms with Crippen LogP contribution >= 0.6 is 0 Å². The molecular weight excluding hydrogens is 404 g/mol. The first-order chi connectivity index (χ1) is 15.4. The highest BCUT2D eigenvalue weighted by Gasteiger charge is 2.44. The molecular formula is C25H32N4O3. The van der Waals surface area contributed by atoms with Gasteiger partial charge in [-0.05, 0) is 40.2 Å². The molecule has 4 rings (SSSR count). The van der Waals surface area contributed by atoms with E-state index < -0.39 is 5.41 Å². The van der Waals surface area contributed by atoms with Crippen molar-refractivity contribution < 1.29 is 14.1 Å². The Bertz CT molecular complexity index is 1070. The first-order valence-electron chi connectivity index (χ1n) is 11.3. The average Bonchev–Trinajstić information content (AvgIpc) is 3.36. The quantitative estimate of drug-likeness (QED) is 0.520. The Morgan fingerprint density at radius 2 is 2.03 bits per heavy atom. The van der Waals surface area contributed by atoms with E-state index in [1.54, 1.807) is 0 Å². The van der Waals surface area contributed by atoms with Gasteiger partial charge in [0.25, 0.3) is 0 Å². The van der Waals surface area contributed by atoms with Crippen molar-refractivity contribution in [3.05, 3.63) is 59.4 Å². The molecule has 32 heavy (non-hydrogen) atoms. The second-order valence-corrected chi connectivity index (χ2v) is 8.89. The lowest BCUT2D eigenvalue weighted by Gasteiger charge is -2.40. The Balaban J connectivity index is 1.56. The fraction of sp³-hybridized carbons (Fsp3) is 0.480. The van der Waals surface area contributed by atoms with E-state index in [2.05, 4.69) is 38.7 Å². The van der Waals surface area contributed by atoms with Crippen LogP contribution in [0.5, 0.6) is 0 Å². The first-order valence-corrected chi connectivity index (χ1v) is 11.3. The molecule has 0 spiro atoms. The maximum Gasteiger partial charge on any atom is 0.313 e. The Labute approximate surface area is 189 Å². The van der Waals surface area contributed by atoms with E-state index in [1.807, 2.05) is 45.3 Å². The highest BCUT2D eigenvalue weighted by Crippen LogP contribution is 2.36. The van der Waals surface area contributed by atoms with Gasteiger partial charge in [0.15, 0.2) is 0 Å². The van der Waals surface area contributed by atoms with Gasteiger partial charge in [0.2, 0.25) is 0 Å². The average molecular weight is 437 g/mol. The number of esters is 1. The second-order valence-electron chi connectivity index (χ2n) is 8.89. The van der Waals surface area contributed by atoms with Crippen molar-refractivity contribution >= 4 is 5.97 Å². The van der Waals surface area contributed by atoms with Crippen molar-refractivity contribution in [3.63, 3.8) is 0 Å². The SMILES string of the molecule is CCOC(=O)[C@@]1(Cc2cc(-c3ccc(C)cc3)no2)CCCN(Cc2cnc(C)n2C)C1. The van der Waals surface area contributed by atoms with Crippen LogP contribution in [0.3, 0.4) is 0 Å². The molecule has 3 aromatic rings. The van der Waals surface area contributed by atoms with Crippen LogP contribution in [0.1, 0.15) is 42.6 Å². The van der Waals surface area contributed by atoms with Crippen molar-refractivity contribution in [2.45, 2.75) is 46.6 Å². The van der Waals surface area contributed by atoms with Crippen LogP contribution in [0.15, 0.2) is 41.1 Å². The number of rotatable bonds is 7. The Kier molecular flexibility index (Phi) is 6.46. The molecule has 0 N–H and O–H groups in total. The maximum atomic E-state index is 13.2. The number of carbonyl (C=O) groups excluding carboxylic acids is 1. The lowest BCUT2D eigenvalue weighted by Crippen LogP contribution is -2.49. The predicted molar refractivity (Wildman–Crippen MR) is 122 cm³/mol. The summed E-state index contributed by atoms with van der Waals surface area (Å²) in [6.45, 7) is 8.60. The van der Waals surface area contributed by atoms with Crippen LogP contribution in [0.4, 0.5) is 0 Å². The molecule has 1 aromatic carbocycles. The molecule has 3 heterocycles. The lowest BCUT2D eigenvalue weighted by molar-refractivity contribution is -0.159. The monoisotopic (exact) mass is 436 g/mol. The molecule has 1 fully saturated rings. The van der Waals surface area contributed by atoms with Crippen molar-refractivity contribution in [2.75, 3.05) is 19.7 Å². The fourth-order valence-corrected chi connectivity index (χ4v) is 4.54. The number of aryl methyl sites for hydroxylation is 2. The van der Waals surface area contributed by atoms with Gasteiger partial charge in [-0.3, -0.25) is 9.69 Å². The summed E-state index contributed by atoms with van der Waals surface area (Å²) in [5, 5.41) is 4.27. The molecule has 2 aromatic heterocycles. The fourth-order valence-electron chi connectivity index (χ4n) is 4.54. The molecule has 0 saturated carbocycles. The highest BCUT2D eigenvalue weighted by atomic mass is 16.5. The molecule has 1 aliphatic heterocycles. The van der Waals surface area contributed by atoms with E-state index in [0.717, 1.165) is 48.7 Å². The summed E-state index contributed by atoms with van der Waals surface area (Å²) in [6, 6.07) is 10.1. The number of imidazole rings is 1. The van der Waals surface area contributed by atoms with E-state index in [0.29, 0.717) is 25.3 Å². The highest BCUT2D eigenvalue weighted by molar-refractivity contribution is 5.77. The molecule has 0 amide bonds. The van der Waals surface area contributed by atoms with Gasteiger partial charge in [-0.1, -0.05) is 35.0 Å². The van der Waals surface area contributed by atoms with Gasteiger partial charge >= 0.3 is 5.97 Å². The number of hydrogen-bond acceptors (Lipinski definition) is 6. The normalized spacial score (nSPS) is 19.2. The second kappa shape index (κ2) is 9.28. The van der Waals surface area contributed by atoms with Crippen LogP contribution in [0.2, 0.25) is 0 Å². The predicted octanol–water partition coefficient (Wildman–Crippen LogP) is 4.08. The number of piperidine rings is 1. The van der Waals surface area contributed by atoms with Gasteiger partial charge in [0.1, 0.15) is 17.3 Å². The van der Waals surface area contributed by atoms with Gasteiger partial charge in [0.05, 0.1) is 17.7 Å². The van der Waals surface area contributed by atoms with Gasteiger partial charge in [-0.2, -0.15) is 0 Å². The minimum Gasteiger partial charge on any atom is -0.466 e. The molecule has 1 atom stereocenters. The Hall–Kier alpha value is -2.93. The number of likely N-dealkylation sites (tertiary alicyclic amines) is 1. The van der Waals surface area contributed by atoms with E-state index in [-0.39, 0.29) is 5.97 Å². The summed E-state index contributed by atoms with van der Waals surface area (Å²) in [6.07, 6.45) is 4.09. The number of carbonyl (C=O) groups is 1. The summed E-state index contributed by atoms with van der Waals surface area (Å²) < 4.78 is 13.3. The Morgan fingerprint density at radius 1 is 1.25 bits per heavy atom. The number of ether oxygens (including phenoxy) is 1. The van der Waals surface area contributed by atoms with Crippen LogP contribution in [0.25, 0.3) is 11.3 Å². The van der Waals surface area contributed by atoms with Crippen LogP contribution in [-0.4, -0.2) is 45.3 Å². The van der Waals surface area contributed by atoms with Crippen molar-refractivity contribution in [2.24, 2.45) is 12.5 Å². The molecule has 1 aliphatic rings. The zero-order chi connectivity index (χ0) is 22.7. The molecule has 170 valence electrons. The van der Waals surface area contributed by atoms with Gasteiger partial charge in [-0.25, -0.2) is 4.98 Å². The number of nitrogens with zero attached hydrogens (tertiary/aromatic N) is 4. The minimum atomic E-state index is -0.647. The summed E-state index contributed by atoms with van der Waals surface area (Å²) >= 11 is 0. The van der Waals surface area contributed by atoms with Gasteiger partial charge in [-0.15, -0.1) is 0 Å². The van der Waals surface area contributed by atoms with Crippen LogP contribution in [-0.2, 0) is 29.5 Å². The molecule has 0 unspecified atom stereocenters. The van der Waals surface area contributed by atoms with Crippen LogP contribution in [0, 0.1) is 19.3 Å². The van der Waals surface area contributed by atoms with Crippen molar-refractivity contribution in [1.29, 1.82) is 0 Å². The van der Waals surface area contributed by atoms with E-state index >= 15 is 0 Å². The smallest absolute Gasteiger partial charge is 0.313 e. The van der Waals surface area contributed by atoms with E-state index in [4.69, 9.17) is 9.26 Å². The zero-order valence-electron chi connectivity index (χ0n) is 19.4. The number of benzene rings is 1. The summed E-state index contributed by atoms with van der Waals surface area (Å²) in [4.78, 5) is 19.9. The van der Waals surface area contributed by atoms with Crippen LogP contribution < -0.4 is 0 Å². The zero-order valence-corrected chi connectivity index (χ0v) is 19.4. The molecule has 7 heteroatoms. The lowest BCUT2D eigenvalue weighted by atomic mass is 9.76. The third-order valence-corrected chi connectivity index (χ3v) is 6.49. The van der Waals surface area contributed by atoms with Gasteiger partial charge < -0.3 is 13.8 Å². The molecule has 0 bridgehead atoms. The molecule has 1 saturated heterocycles. The van der Waals surface area contributed by atoms with Crippen molar-refractivity contribution in [3.8, 4) is 11.3 Å². The third kappa shape index (κ3) is 4.63. The molecule has 0 radical (unpaired) electrons. The Morgan fingerprint density at radius 3 is 2.72 bits per heavy atom. The van der Waals surface area contributed by atoms with E-state index in [1.165, 1.54) is 5.56 Å². The summed E-state index contributed by atoms with van der Waals surface area (Å²) in [5.74, 6) is 1.55. The number of aromatic nitrogens is 3. The van der Waals surface area contributed by atoms with Crippen molar-refractivity contribution in [1.82, 2.24) is 19.6 Å². The summed E-state index contributed by atoms with van der Waals surface area (Å²) in [7, 11) is 2.03. The topological polar surface area (TPSA) is 73.4 Å². The maximum absolute atomic E-state index is 13.2. The van der Waals surface area contributed by atoms with E-state index in [9.17, 15) is 4.79 Å². The van der Waals surface area contributed by atoms with Gasteiger partial charge in [0, 0.05) is 44.4 Å². The molecule has 0 aliphatic carbocycles. The summed E-state index contributed by atoms with van der Waals surface area (Å²) in [5.41, 5.74) is 3.49. The minimum absolute atomic E-state index is 0.154. The first kappa shape index (κ1) is 22.3. The largest absolute Gasteiger partial charge is 0.466 e. The third-order valence-electron chi connectivity index (χ3n) is 6.49. The molecule has 7 nitrogen and oxygen atoms in total. The standard InChI is InChI=1S/C25H32N4O3/c1-5-31-24(30)25(11-6-12-29(17-25)16-21-15-26-19(3)28(21)4)14-22-13-23(27-32-22)20-9-7-18(2)8-10-20/h7-10,13,15H,5-6,11-12,14,16-17H2,1-4H3/t25-/m1/s1. The number of hydrogen-bond donors (Lipinski definition) is 0.